The van der Waals surface area contributed by atoms with E-state index in [4.69, 9.17) is 4.74 Å². The number of halogens is 3. The van der Waals surface area contributed by atoms with Crippen molar-refractivity contribution in [2.45, 2.75) is 26.9 Å². The van der Waals surface area contributed by atoms with E-state index in [2.05, 4.69) is 0 Å². The van der Waals surface area contributed by atoms with Gasteiger partial charge < -0.3 is 4.74 Å². The zero-order valence-electron chi connectivity index (χ0n) is 12.6. The second-order valence-electron chi connectivity index (χ2n) is 6.03. The summed E-state index contributed by atoms with van der Waals surface area (Å²) in [6.07, 6.45) is 0.291. The Kier molecular flexibility index (Phi) is 4.18. The number of rotatable bonds is 2. The van der Waals surface area contributed by atoms with Gasteiger partial charge in [-0.25, -0.2) is 0 Å². The summed E-state index contributed by atoms with van der Waals surface area (Å²) >= 11 is 0. The van der Waals surface area contributed by atoms with Gasteiger partial charge in [0.15, 0.2) is 5.78 Å². The maximum atomic E-state index is 12.9. The number of ketones is 1. The molecule has 22 heavy (non-hydrogen) atoms. The van der Waals surface area contributed by atoms with Crippen LogP contribution in [0.25, 0.3) is 5.57 Å². The number of ether oxygens (including phenoxy) is 1. The second-order valence-corrected chi connectivity index (χ2v) is 6.03. The van der Waals surface area contributed by atoms with E-state index in [9.17, 15) is 18.0 Å². The predicted molar refractivity (Wildman–Crippen MR) is 78.5 cm³/mol. The lowest BCUT2D eigenvalue weighted by Crippen LogP contribution is -2.17. The minimum Gasteiger partial charge on any atom is -0.492 e. The predicted octanol–water partition coefficient (Wildman–Crippen LogP) is 4.65. The molecule has 118 valence electrons. The van der Waals surface area contributed by atoms with Crippen LogP contribution in [-0.4, -0.2) is 12.4 Å². The first kappa shape index (κ1) is 16.3. The summed E-state index contributed by atoms with van der Waals surface area (Å²) in [4.78, 5) is 11.1. The first-order valence-corrected chi connectivity index (χ1v) is 6.84. The normalized spacial score (nSPS) is 17.5. The molecule has 1 aliphatic rings. The van der Waals surface area contributed by atoms with Crippen molar-refractivity contribution in [3.63, 3.8) is 0 Å². The van der Waals surface area contributed by atoms with Crippen molar-refractivity contribution >= 4 is 11.4 Å². The summed E-state index contributed by atoms with van der Waals surface area (Å²) < 4.78 is 44.4. The molecule has 1 heterocycles. The molecule has 0 fully saturated rings. The van der Waals surface area contributed by atoms with Crippen LogP contribution in [0.4, 0.5) is 13.2 Å². The van der Waals surface area contributed by atoms with Crippen molar-refractivity contribution < 1.29 is 22.7 Å². The zero-order valence-corrected chi connectivity index (χ0v) is 12.6. The number of carbonyl (C=O) groups is 1. The van der Waals surface area contributed by atoms with E-state index in [1.165, 1.54) is 25.1 Å². The Morgan fingerprint density at radius 1 is 1.32 bits per heavy atom. The molecule has 0 saturated carbocycles. The van der Waals surface area contributed by atoms with Gasteiger partial charge in [0.2, 0.25) is 0 Å². The highest BCUT2D eigenvalue weighted by Gasteiger charge is 2.32. The molecule has 1 aromatic carbocycles. The summed E-state index contributed by atoms with van der Waals surface area (Å²) in [6, 6.07) is 3.39. The Bertz CT molecular complexity index is 652. The van der Waals surface area contributed by atoms with Crippen molar-refractivity contribution in [3.8, 4) is 5.75 Å². The number of carbonyl (C=O) groups excluding carboxylic acids is 1. The molecule has 1 aliphatic heterocycles. The molecule has 0 N–H and O–H groups in total. The highest BCUT2D eigenvalue weighted by atomic mass is 19.4. The quantitative estimate of drug-likeness (QED) is 0.743. The topological polar surface area (TPSA) is 26.3 Å². The Morgan fingerprint density at radius 3 is 2.59 bits per heavy atom. The molecular weight excluding hydrogens is 293 g/mol. The Hall–Kier alpha value is -2.04. The molecule has 0 unspecified atom stereocenters. The fraction of sp³-hybridized carbons (Fsp3) is 0.353. The van der Waals surface area contributed by atoms with Crippen molar-refractivity contribution in [2.75, 3.05) is 6.61 Å². The van der Waals surface area contributed by atoms with Gasteiger partial charge in [0, 0.05) is 11.0 Å². The van der Waals surface area contributed by atoms with Gasteiger partial charge in [-0.3, -0.25) is 4.79 Å². The average Bonchev–Trinajstić information content (AvgIpc) is 2.52. The molecule has 0 spiro atoms. The fourth-order valence-electron chi connectivity index (χ4n) is 2.21. The molecule has 0 amide bonds. The number of alkyl halides is 3. The summed E-state index contributed by atoms with van der Waals surface area (Å²) in [7, 11) is 0. The maximum absolute atomic E-state index is 12.9. The molecule has 0 saturated heterocycles. The molecule has 5 heteroatoms. The largest absolute Gasteiger partial charge is 0.492 e. The van der Waals surface area contributed by atoms with Gasteiger partial charge >= 0.3 is 6.18 Å². The smallest absolute Gasteiger partial charge is 0.416 e. The van der Waals surface area contributed by atoms with Crippen LogP contribution in [0.2, 0.25) is 0 Å². The van der Waals surface area contributed by atoms with Gasteiger partial charge in [-0.1, -0.05) is 26.0 Å². The van der Waals surface area contributed by atoms with Gasteiger partial charge in [-0.05, 0) is 36.8 Å². The number of allylic oxidation sites excluding steroid dienone is 3. The fourth-order valence-corrected chi connectivity index (χ4v) is 2.21. The molecular formula is C17H17F3O2. The lowest BCUT2D eigenvalue weighted by atomic mass is 9.90. The van der Waals surface area contributed by atoms with E-state index < -0.39 is 11.7 Å². The lowest BCUT2D eigenvalue weighted by Gasteiger charge is -2.18. The van der Waals surface area contributed by atoms with Gasteiger partial charge in [0.25, 0.3) is 0 Å². The van der Waals surface area contributed by atoms with E-state index in [0.29, 0.717) is 23.5 Å². The molecule has 0 aromatic heterocycles. The van der Waals surface area contributed by atoms with Gasteiger partial charge in [-0.2, -0.15) is 13.2 Å². The maximum Gasteiger partial charge on any atom is 0.416 e. The molecule has 0 radical (unpaired) electrons. The molecule has 0 aliphatic carbocycles. The van der Waals surface area contributed by atoms with Crippen molar-refractivity contribution in [1.29, 1.82) is 0 Å². The van der Waals surface area contributed by atoms with Crippen molar-refractivity contribution in [1.82, 2.24) is 0 Å². The van der Waals surface area contributed by atoms with Crippen LogP contribution in [0.1, 0.15) is 31.9 Å². The highest BCUT2D eigenvalue weighted by Crippen LogP contribution is 2.39. The second kappa shape index (κ2) is 5.63. The summed E-state index contributed by atoms with van der Waals surface area (Å²) in [5.41, 5.74) is -0.193. The molecule has 0 atom stereocenters. The van der Waals surface area contributed by atoms with E-state index in [1.807, 2.05) is 19.9 Å². The summed E-state index contributed by atoms with van der Waals surface area (Å²) in [5.74, 6) is 0.218. The monoisotopic (exact) mass is 310 g/mol. The van der Waals surface area contributed by atoms with Crippen LogP contribution in [0.5, 0.6) is 5.75 Å². The minimum absolute atomic E-state index is 0.169. The van der Waals surface area contributed by atoms with E-state index in [-0.39, 0.29) is 11.2 Å². The first-order chi connectivity index (χ1) is 10.1. The SMILES string of the molecule is CC(=O)C=CC1=CC(C)(C)COc2ccc(C(F)(F)F)cc21. The van der Waals surface area contributed by atoms with Gasteiger partial charge in [0.05, 0.1) is 12.2 Å². The first-order valence-electron chi connectivity index (χ1n) is 6.84. The van der Waals surface area contributed by atoms with E-state index in [0.717, 1.165) is 12.1 Å². The number of hydrogen-bond donors (Lipinski definition) is 0. The molecule has 2 rings (SSSR count). The Morgan fingerprint density at radius 2 is 2.00 bits per heavy atom. The third-order valence-corrected chi connectivity index (χ3v) is 3.26. The third-order valence-electron chi connectivity index (χ3n) is 3.26. The number of fused-ring (bicyclic) bond motifs is 1. The van der Waals surface area contributed by atoms with Crippen LogP contribution in [0.15, 0.2) is 36.4 Å². The Labute approximate surface area is 127 Å². The zero-order chi connectivity index (χ0) is 16.5. The highest BCUT2D eigenvalue weighted by molar-refractivity contribution is 5.91. The number of hydrogen-bond acceptors (Lipinski definition) is 2. The molecule has 1 aromatic rings. The van der Waals surface area contributed by atoms with Crippen LogP contribution in [-0.2, 0) is 11.0 Å². The average molecular weight is 310 g/mol. The molecule has 0 bridgehead atoms. The van der Waals surface area contributed by atoms with Gasteiger partial charge in [0.1, 0.15) is 5.75 Å². The minimum atomic E-state index is -4.42. The standard InChI is InChI=1S/C17H17F3O2/c1-11(21)4-5-12-9-16(2,3)10-22-15-7-6-13(8-14(12)15)17(18,19)20/h4-9H,10H2,1-3H3. The summed E-state index contributed by atoms with van der Waals surface area (Å²) in [5, 5.41) is 0. The number of benzene rings is 1. The van der Waals surface area contributed by atoms with Gasteiger partial charge in [-0.15, -0.1) is 0 Å². The van der Waals surface area contributed by atoms with E-state index in [1.54, 1.807) is 0 Å². The summed E-state index contributed by atoms with van der Waals surface area (Å²) in [6.45, 7) is 5.58. The van der Waals surface area contributed by atoms with Crippen molar-refractivity contribution in [3.05, 3.63) is 47.6 Å². The van der Waals surface area contributed by atoms with Crippen LogP contribution in [0.3, 0.4) is 0 Å². The van der Waals surface area contributed by atoms with Crippen LogP contribution < -0.4 is 4.74 Å². The molecule has 2 nitrogen and oxygen atoms in total. The van der Waals surface area contributed by atoms with E-state index >= 15 is 0 Å². The van der Waals surface area contributed by atoms with Crippen LogP contribution >= 0.6 is 0 Å². The Balaban J connectivity index is 2.59. The lowest BCUT2D eigenvalue weighted by molar-refractivity contribution is -0.137. The third kappa shape index (κ3) is 3.78. The van der Waals surface area contributed by atoms with Crippen molar-refractivity contribution in [2.24, 2.45) is 5.41 Å². The van der Waals surface area contributed by atoms with Crippen LogP contribution in [0, 0.1) is 5.41 Å².